The summed E-state index contributed by atoms with van der Waals surface area (Å²) in [5.41, 5.74) is 0.673. The van der Waals surface area contributed by atoms with E-state index in [9.17, 15) is 9.59 Å². The van der Waals surface area contributed by atoms with Gasteiger partial charge in [0.25, 0.3) is 0 Å². The van der Waals surface area contributed by atoms with E-state index in [1.165, 1.54) is 7.11 Å². The average Bonchev–Trinajstić information content (AvgIpc) is 2.54. The van der Waals surface area contributed by atoms with Crippen molar-refractivity contribution >= 4 is 30.0 Å². The summed E-state index contributed by atoms with van der Waals surface area (Å²) in [6.07, 6.45) is 0.362. The molecule has 0 aromatic heterocycles. The minimum Gasteiger partial charge on any atom is -0.482 e. The molecule has 1 fully saturated rings. The standard InChI is InChI=1S/C15H20N2O5.ClH/c1-20-15(19)10-22-13-4-2-11(3-5-13)17-14(18)8-12-9-21-7-6-16-12;/h2-5,12,16H,6-10H2,1H3,(H,17,18);1H. The molecule has 0 radical (unpaired) electrons. The molecule has 0 saturated carbocycles. The number of ether oxygens (including phenoxy) is 3. The van der Waals surface area contributed by atoms with Crippen LogP contribution < -0.4 is 15.4 Å². The number of rotatable bonds is 6. The average molecular weight is 345 g/mol. The van der Waals surface area contributed by atoms with Gasteiger partial charge in [0.15, 0.2) is 6.61 Å². The molecule has 1 aliphatic rings. The second-order valence-electron chi connectivity index (χ2n) is 4.87. The monoisotopic (exact) mass is 344 g/mol. The van der Waals surface area contributed by atoms with E-state index in [2.05, 4.69) is 15.4 Å². The molecule has 1 aliphatic heterocycles. The fourth-order valence-electron chi connectivity index (χ4n) is 2.02. The molecule has 1 heterocycles. The van der Waals surface area contributed by atoms with Crippen molar-refractivity contribution in [2.45, 2.75) is 12.5 Å². The van der Waals surface area contributed by atoms with Crippen LogP contribution in [0.25, 0.3) is 0 Å². The third kappa shape index (κ3) is 6.85. The first-order valence-electron chi connectivity index (χ1n) is 7.08. The van der Waals surface area contributed by atoms with Crippen molar-refractivity contribution in [2.75, 3.05) is 38.8 Å². The molecule has 8 heteroatoms. The minimum atomic E-state index is -0.445. The molecule has 23 heavy (non-hydrogen) atoms. The Hall–Kier alpha value is -1.83. The number of hydrogen-bond acceptors (Lipinski definition) is 6. The number of amides is 1. The molecular weight excluding hydrogens is 324 g/mol. The van der Waals surface area contributed by atoms with Crippen LogP contribution >= 0.6 is 12.4 Å². The number of morpholine rings is 1. The normalized spacial score (nSPS) is 16.8. The van der Waals surface area contributed by atoms with Crippen molar-refractivity contribution in [3.63, 3.8) is 0 Å². The largest absolute Gasteiger partial charge is 0.482 e. The van der Waals surface area contributed by atoms with Crippen LogP contribution in [0, 0.1) is 0 Å². The van der Waals surface area contributed by atoms with Crippen LogP contribution in [0.2, 0.25) is 0 Å². The molecule has 1 atom stereocenters. The second-order valence-corrected chi connectivity index (χ2v) is 4.87. The number of hydrogen-bond donors (Lipinski definition) is 2. The lowest BCUT2D eigenvalue weighted by molar-refractivity contribution is -0.142. The van der Waals surface area contributed by atoms with E-state index in [0.29, 0.717) is 31.1 Å². The maximum absolute atomic E-state index is 11.9. The van der Waals surface area contributed by atoms with Gasteiger partial charge in [-0.3, -0.25) is 4.79 Å². The number of nitrogens with one attached hydrogen (secondary N) is 2. The lowest BCUT2D eigenvalue weighted by Gasteiger charge is -2.23. The number of carbonyl (C=O) groups excluding carboxylic acids is 2. The van der Waals surface area contributed by atoms with Crippen LogP contribution in [-0.2, 0) is 19.1 Å². The maximum Gasteiger partial charge on any atom is 0.343 e. The number of benzene rings is 1. The third-order valence-electron chi connectivity index (χ3n) is 3.15. The molecule has 128 valence electrons. The van der Waals surface area contributed by atoms with Crippen molar-refractivity contribution in [1.29, 1.82) is 0 Å². The van der Waals surface area contributed by atoms with Gasteiger partial charge < -0.3 is 24.8 Å². The van der Waals surface area contributed by atoms with Crippen LogP contribution in [0.3, 0.4) is 0 Å². The maximum atomic E-state index is 11.9. The van der Waals surface area contributed by atoms with Gasteiger partial charge in [-0.2, -0.15) is 0 Å². The topological polar surface area (TPSA) is 85.9 Å². The predicted octanol–water partition coefficient (Wildman–Crippen LogP) is 0.977. The molecule has 0 bridgehead atoms. The van der Waals surface area contributed by atoms with Crippen LogP contribution in [0.15, 0.2) is 24.3 Å². The Kier molecular flexibility index (Phi) is 8.39. The Bertz CT molecular complexity index is 503. The zero-order valence-corrected chi connectivity index (χ0v) is 13.7. The molecule has 0 spiro atoms. The van der Waals surface area contributed by atoms with Crippen molar-refractivity contribution in [2.24, 2.45) is 0 Å². The number of carbonyl (C=O) groups is 2. The highest BCUT2D eigenvalue weighted by Gasteiger charge is 2.16. The Labute approximate surface area is 141 Å². The van der Waals surface area contributed by atoms with Crippen molar-refractivity contribution in [3.05, 3.63) is 24.3 Å². The van der Waals surface area contributed by atoms with Crippen molar-refractivity contribution < 1.29 is 23.8 Å². The Morgan fingerprint density at radius 1 is 1.35 bits per heavy atom. The Balaban J connectivity index is 0.00000264. The zero-order valence-electron chi connectivity index (χ0n) is 12.9. The van der Waals surface area contributed by atoms with Gasteiger partial charge in [0.2, 0.25) is 5.91 Å². The fourth-order valence-corrected chi connectivity index (χ4v) is 2.02. The van der Waals surface area contributed by atoms with Crippen LogP contribution in [-0.4, -0.2) is 51.4 Å². The molecular formula is C15H21ClN2O5. The minimum absolute atomic E-state index is 0. The highest BCUT2D eigenvalue weighted by atomic mass is 35.5. The first-order valence-corrected chi connectivity index (χ1v) is 7.08. The van der Waals surface area contributed by atoms with Gasteiger partial charge in [-0.1, -0.05) is 0 Å². The molecule has 1 unspecified atom stereocenters. The summed E-state index contributed by atoms with van der Waals surface area (Å²) in [6.45, 7) is 1.86. The highest BCUT2D eigenvalue weighted by molar-refractivity contribution is 5.91. The number of esters is 1. The summed E-state index contributed by atoms with van der Waals surface area (Å²) in [4.78, 5) is 22.9. The first kappa shape index (κ1) is 19.2. The molecule has 7 nitrogen and oxygen atoms in total. The van der Waals surface area contributed by atoms with Crippen molar-refractivity contribution in [1.82, 2.24) is 5.32 Å². The highest BCUT2D eigenvalue weighted by Crippen LogP contribution is 2.16. The van der Waals surface area contributed by atoms with Crippen molar-refractivity contribution in [3.8, 4) is 5.75 Å². The smallest absolute Gasteiger partial charge is 0.343 e. The predicted molar refractivity (Wildman–Crippen MR) is 87.1 cm³/mol. The number of anilines is 1. The number of methoxy groups -OCH3 is 1. The lowest BCUT2D eigenvalue weighted by atomic mass is 10.2. The van der Waals surface area contributed by atoms with Gasteiger partial charge in [0, 0.05) is 24.7 Å². The van der Waals surface area contributed by atoms with Crippen LogP contribution in [0.1, 0.15) is 6.42 Å². The number of halogens is 1. The second kappa shape index (κ2) is 10.0. The molecule has 1 aromatic carbocycles. The van der Waals surface area contributed by atoms with E-state index in [1.807, 2.05) is 0 Å². The van der Waals surface area contributed by atoms with Gasteiger partial charge in [-0.15, -0.1) is 12.4 Å². The zero-order chi connectivity index (χ0) is 15.8. The van der Waals surface area contributed by atoms with Crippen LogP contribution in [0.5, 0.6) is 5.75 Å². The first-order chi connectivity index (χ1) is 10.7. The summed E-state index contributed by atoms with van der Waals surface area (Å²) in [7, 11) is 1.30. The lowest BCUT2D eigenvalue weighted by Crippen LogP contribution is -2.43. The van der Waals surface area contributed by atoms with Gasteiger partial charge in [0.1, 0.15) is 5.75 Å². The summed E-state index contributed by atoms with van der Waals surface area (Å²) < 4.78 is 15.0. The van der Waals surface area contributed by atoms with E-state index in [1.54, 1.807) is 24.3 Å². The van der Waals surface area contributed by atoms with Gasteiger partial charge in [0.05, 0.1) is 20.3 Å². The molecule has 2 N–H and O–H groups in total. The van der Waals surface area contributed by atoms with Gasteiger partial charge in [-0.25, -0.2) is 4.79 Å². The van der Waals surface area contributed by atoms with E-state index >= 15 is 0 Å². The molecule has 1 aromatic rings. The van der Waals surface area contributed by atoms with Crippen LogP contribution in [0.4, 0.5) is 5.69 Å². The molecule has 0 aliphatic carbocycles. The Morgan fingerprint density at radius 3 is 2.70 bits per heavy atom. The molecule has 2 rings (SSSR count). The molecule has 1 amide bonds. The summed E-state index contributed by atoms with van der Waals surface area (Å²) >= 11 is 0. The summed E-state index contributed by atoms with van der Waals surface area (Å²) in [6, 6.07) is 6.85. The van der Waals surface area contributed by atoms with E-state index < -0.39 is 5.97 Å². The summed E-state index contributed by atoms with van der Waals surface area (Å²) in [5.74, 6) is 0.0107. The van der Waals surface area contributed by atoms with E-state index in [4.69, 9.17) is 9.47 Å². The fraction of sp³-hybridized carbons (Fsp3) is 0.467. The quantitative estimate of drug-likeness (QED) is 0.748. The molecule has 1 saturated heterocycles. The van der Waals surface area contributed by atoms with Gasteiger partial charge in [-0.05, 0) is 24.3 Å². The van der Waals surface area contributed by atoms with Gasteiger partial charge >= 0.3 is 5.97 Å². The third-order valence-corrected chi connectivity index (χ3v) is 3.15. The van der Waals surface area contributed by atoms with E-state index in [0.717, 1.165) is 6.54 Å². The Morgan fingerprint density at radius 2 is 2.09 bits per heavy atom. The SMILES string of the molecule is COC(=O)COc1ccc(NC(=O)CC2COCCN2)cc1.Cl. The summed E-state index contributed by atoms with van der Waals surface area (Å²) in [5, 5.41) is 6.04. The van der Waals surface area contributed by atoms with E-state index in [-0.39, 0.29) is 31.0 Å².